The number of nitrogens with one attached hydrogen (secondary N) is 2. The van der Waals surface area contributed by atoms with Gasteiger partial charge >= 0.3 is 5.97 Å². The SMILES string of the molecule is O=C(CC1S/C(=N/N2C(=O)c3ccccc3C2=O)NC1=O)Nc1ccc(C(=O)O)cc1. The first-order chi connectivity index (χ1) is 14.8. The molecule has 2 aromatic rings. The zero-order valence-electron chi connectivity index (χ0n) is 15.7. The molecule has 2 aromatic carbocycles. The van der Waals surface area contributed by atoms with Crippen molar-refractivity contribution in [2.75, 3.05) is 5.32 Å². The normalized spacial score (nSPS) is 18.8. The van der Waals surface area contributed by atoms with Gasteiger partial charge in [0.2, 0.25) is 11.8 Å². The predicted molar refractivity (Wildman–Crippen MR) is 111 cm³/mol. The molecule has 0 saturated carbocycles. The number of imide groups is 1. The number of hydrazone groups is 1. The summed E-state index contributed by atoms with van der Waals surface area (Å²) < 4.78 is 0. The van der Waals surface area contributed by atoms with Gasteiger partial charge in [-0.05, 0) is 36.4 Å². The van der Waals surface area contributed by atoms with Crippen molar-refractivity contribution in [2.45, 2.75) is 11.7 Å². The molecule has 0 spiro atoms. The Labute approximate surface area is 179 Å². The third-order valence-corrected chi connectivity index (χ3v) is 5.60. The molecule has 10 nitrogen and oxygen atoms in total. The summed E-state index contributed by atoms with van der Waals surface area (Å²) in [5, 5.41) is 17.9. The molecule has 4 rings (SSSR count). The van der Waals surface area contributed by atoms with Crippen molar-refractivity contribution in [3.8, 4) is 0 Å². The van der Waals surface area contributed by atoms with Crippen LogP contribution in [0.4, 0.5) is 5.69 Å². The molecule has 0 bridgehead atoms. The van der Waals surface area contributed by atoms with E-state index in [-0.39, 0.29) is 28.3 Å². The molecule has 156 valence electrons. The Morgan fingerprint density at radius 3 is 2.23 bits per heavy atom. The maximum Gasteiger partial charge on any atom is 0.335 e. The number of rotatable bonds is 5. The maximum absolute atomic E-state index is 12.4. The minimum atomic E-state index is -1.08. The summed E-state index contributed by atoms with van der Waals surface area (Å²) in [6, 6.07) is 11.9. The van der Waals surface area contributed by atoms with E-state index < -0.39 is 34.8 Å². The average molecular weight is 438 g/mol. The fourth-order valence-corrected chi connectivity index (χ4v) is 3.98. The molecule has 0 radical (unpaired) electrons. The molecule has 2 aliphatic rings. The van der Waals surface area contributed by atoms with Crippen molar-refractivity contribution >= 4 is 52.2 Å². The fraction of sp³-hybridized carbons (Fsp3) is 0.100. The Morgan fingerprint density at radius 1 is 1.03 bits per heavy atom. The van der Waals surface area contributed by atoms with E-state index in [2.05, 4.69) is 15.7 Å². The zero-order valence-corrected chi connectivity index (χ0v) is 16.5. The van der Waals surface area contributed by atoms with E-state index in [4.69, 9.17) is 5.11 Å². The van der Waals surface area contributed by atoms with Gasteiger partial charge in [0, 0.05) is 12.1 Å². The number of carbonyl (C=O) groups is 5. The van der Waals surface area contributed by atoms with E-state index in [1.165, 1.54) is 36.4 Å². The van der Waals surface area contributed by atoms with Crippen molar-refractivity contribution in [2.24, 2.45) is 5.10 Å². The molecule has 0 aromatic heterocycles. The van der Waals surface area contributed by atoms with Crippen molar-refractivity contribution in [1.29, 1.82) is 0 Å². The number of thioether (sulfide) groups is 1. The highest BCUT2D eigenvalue weighted by atomic mass is 32.2. The Bertz CT molecular complexity index is 1130. The number of carboxylic acids is 1. The molecule has 1 atom stereocenters. The highest BCUT2D eigenvalue weighted by Gasteiger charge is 2.38. The fourth-order valence-electron chi connectivity index (χ4n) is 3.02. The minimum absolute atomic E-state index is 0.0446. The van der Waals surface area contributed by atoms with Gasteiger partial charge in [0.15, 0.2) is 5.17 Å². The molecular formula is C20H14N4O6S. The van der Waals surface area contributed by atoms with Crippen LogP contribution in [0.1, 0.15) is 37.5 Å². The average Bonchev–Trinajstić information content (AvgIpc) is 3.20. The van der Waals surface area contributed by atoms with Crippen LogP contribution in [0.5, 0.6) is 0 Å². The number of hydrogen-bond acceptors (Lipinski definition) is 7. The second-order valence-corrected chi connectivity index (χ2v) is 7.79. The lowest BCUT2D eigenvalue weighted by Gasteiger charge is -2.08. The Balaban J connectivity index is 1.39. The van der Waals surface area contributed by atoms with Crippen LogP contribution in [0.2, 0.25) is 0 Å². The smallest absolute Gasteiger partial charge is 0.335 e. The summed E-state index contributed by atoms with van der Waals surface area (Å²) in [7, 11) is 0. The van der Waals surface area contributed by atoms with Crippen LogP contribution >= 0.6 is 11.8 Å². The van der Waals surface area contributed by atoms with Gasteiger partial charge in [0.1, 0.15) is 5.25 Å². The van der Waals surface area contributed by atoms with Crippen molar-refractivity contribution < 1.29 is 29.1 Å². The monoisotopic (exact) mass is 438 g/mol. The lowest BCUT2D eigenvalue weighted by molar-refractivity contribution is -0.122. The summed E-state index contributed by atoms with van der Waals surface area (Å²) in [4.78, 5) is 60.1. The van der Waals surface area contributed by atoms with E-state index >= 15 is 0 Å². The first-order valence-corrected chi connectivity index (χ1v) is 9.88. The summed E-state index contributed by atoms with van der Waals surface area (Å²) >= 11 is 0.938. The molecule has 2 heterocycles. The first kappa shape index (κ1) is 20.3. The second kappa shape index (κ2) is 8.03. The molecular weight excluding hydrogens is 424 g/mol. The molecule has 1 saturated heterocycles. The van der Waals surface area contributed by atoms with Crippen molar-refractivity contribution in [3.63, 3.8) is 0 Å². The van der Waals surface area contributed by atoms with Gasteiger partial charge in [0.05, 0.1) is 16.7 Å². The summed E-state index contributed by atoms with van der Waals surface area (Å²) in [5.41, 5.74) is 0.933. The van der Waals surface area contributed by atoms with Crippen LogP contribution in [-0.4, -0.2) is 50.1 Å². The molecule has 31 heavy (non-hydrogen) atoms. The van der Waals surface area contributed by atoms with Crippen molar-refractivity contribution in [1.82, 2.24) is 10.3 Å². The van der Waals surface area contributed by atoms with Crippen LogP contribution < -0.4 is 10.6 Å². The number of fused-ring (bicyclic) bond motifs is 1. The predicted octanol–water partition coefficient (Wildman–Crippen LogP) is 1.51. The number of hydrogen-bond donors (Lipinski definition) is 3. The molecule has 11 heteroatoms. The summed E-state index contributed by atoms with van der Waals surface area (Å²) in [5.74, 6) is -3.20. The Kier molecular flexibility index (Phi) is 5.26. The summed E-state index contributed by atoms with van der Waals surface area (Å²) in [6.07, 6.45) is -0.182. The molecule has 1 fully saturated rings. The topological polar surface area (TPSA) is 145 Å². The van der Waals surface area contributed by atoms with E-state index in [1.54, 1.807) is 12.1 Å². The third kappa shape index (κ3) is 4.03. The zero-order chi connectivity index (χ0) is 22.1. The van der Waals surface area contributed by atoms with Crippen LogP contribution in [0.15, 0.2) is 53.6 Å². The van der Waals surface area contributed by atoms with Crippen LogP contribution in [-0.2, 0) is 9.59 Å². The minimum Gasteiger partial charge on any atom is -0.478 e. The van der Waals surface area contributed by atoms with Crippen molar-refractivity contribution in [3.05, 3.63) is 65.2 Å². The number of amides is 4. The third-order valence-electron chi connectivity index (χ3n) is 4.53. The second-order valence-electron chi connectivity index (χ2n) is 6.60. The van der Waals surface area contributed by atoms with E-state index in [9.17, 15) is 24.0 Å². The Morgan fingerprint density at radius 2 is 1.65 bits per heavy atom. The quantitative estimate of drug-likeness (QED) is 0.600. The number of carboxylic acid groups (broad SMARTS) is 1. The van der Waals surface area contributed by atoms with Gasteiger partial charge in [-0.3, -0.25) is 19.2 Å². The Hall–Kier alpha value is -3.99. The highest BCUT2D eigenvalue weighted by molar-refractivity contribution is 8.15. The van der Waals surface area contributed by atoms with Crippen LogP contribution in [0, 0.1) is 0 Å². The van der Waals surface area contributed by atoms with Gasteiger partial charge in [-0.25, -0.2) is 4.79 Å². The van der Waals surface area contributed by atoms with Crippen LogP contribution in [0.3, 0.4) is 0 Å². The van der Waals surface area contributed by atoms with Gasteiger partial charge in [-0.2, -0.15) is 5.01 Å². The lowest BCUT2D eigenvalue weighted by atomic mass is 10.1. The van der Waals surface area contributed by atoms with Gasteiger partial charge in [-0.15, -0.1) is 5.10 Å². The standard InChI is InChI=1S/C20H14N4O6S/c25-15(21-11-7-5-10(6-8-11)19(29)30)9-14-16(26)22-20(31-14)23-24-17(27)12-3-1-2-4-13(12)18(24)28/h1-8,14H,9H2,(H,21,25)(H,29,30)(H,22,23,26). The number of amidine groups is 1. The molecule has 4 amide bonds. The first-order valence-electron chi connectivity index (χ1n) is 9.00. The largest absolute Gasteiger partial charge is 0.478 e. The molecule has 1 unspecified atom stereocenters. The van der Waals surface area contributed by atoms with Gasteiger partial charge in [0.25, 0.3) is 11.8 Å². The highest BCUT2D eigenvalue weighted by Crippen LogP contribution is 2.27. The van der Waals surface area contributed by atoms with Crippen LogP contribution in [0.25, 0.3) is 0 Å². The molecule has 3 N–H and O–H groups in total. The molecule has 0 aliphatic carbocycles. The number of carbonyl (C=O) groups excluding carboxylic acids is 4. The van der Waals surface area contributed by atoms with Gasteiger partial charge in [-0.1, -0.05) is 23.9 Å². The lowest BCUT2D eigenvalue weighted by Crippen LogP contribution is -2.30. The van der Waals surface area contributed by atoms with E-state index in [0.29, 0.717) is 10.7 Å². The number of benzene rings is 2. The summed E-state index contributed by atoms with van der Waals surface area (Å²) in [6.45, 7) is 0. The molecule has 2 aliphatic heterocycles. The van der Waals surface area contributed by atoms with E-state index in [1.807, 2.05) is 0 Å². The number of nitrogens with zero attached hydrogens (tertiary/aromatic N) is 2. The number of aromatic carboxylic acids is 1. The number of anilines is 1. The maximum atomic E-state index is 12.4. The van der Waals surface area contributed by atoms with Gasteiger partial charge < -0.3 is 15.7 Å². The van der Waals surface area contributed by atoms with E-state index in [0.717, 1.165) is 11.8 Å².